The average Bonchev–Trinajstić information content (AvgIpc) is 2.86. The molecular formula is C23H36O11S. The summed E-state index contributed by atoms with van der Waals surface area (Å²) in [5.41, 5.74) is 0.937. The standard InChI is InChI=1S/C23H36O11S/c1-3-35-23-20(29)17(26)16(25)15(34-23)11-31-9-12-5-4-6-13(7-12)10-32-21-14(8-24)33-22(30-2)19(28)18(21)27/h4-7,14-29H,3,8-11H2,1-2H3/t14-,15-,16-,17+,18-,19-,20-,21+,22+,23+/m1/s1. The Labute approximate surface area is 208 Å². The van der Waals surface area contributed by atoms with Gasteiger partial charge in [-0.15, -0.1) is 11.8 Å². The summed E-state index contributed by atoms with van der Waals surface area (Å²) in [6.45, 7) is 1.80. The summed E-state index contributed by atoms with van der Waals surface area (Å²) in [7, 11) is 1.33. The number of methoxy groups -OCH3 is 1. The minimum Gasteiger partial charge on any atom is -0.394 e. The number of hydrogen-bond acceptors (Lipinski definition) is 12. The molecule has 0 bridgehead atoms. The number of aliphatic hydroxyl groups is 6. The van der Waals surface area contributed by atoms with E-state index in [2.05, 4.69) is 0 Å². The molecule has 2 aliphatic rings. The van der Waals surface area contributed by atoms with Crippen LogP contribution in [0.25, 0.3) is 0 Å². The highest BCUT2D eigenvalue weighted by Gasteiger charge is 2.45. The van der Waals surface area contributed by atoms with E-state index in [0.717, 1.165) is 11.1 Å². The Morgan fingerprint density at radius 3 is 2.26 bits per heavy atom. The van der Waals surface area contributed by atoms with E-state index in [0.29, 0.717) is 5.75 Å². The van der Waals surface area contributed by atoms with Crippen molar-refractivity contribution >= 4 is 11.8 Å². The van der Waals surface area contributed by atoms with Gasteiger partial charge in [0.1, 0.15) is 54.3 Å². The van der Waals surface area contributed by atoms with Gasteiger partial charge in [-0.1, -0.05) is 31.2 Å². The van der Waals surface area contributed by atoms with Crippen molar-refractivity contribution in [2.45, 2.75) is 80.7 Å². The van der Waals surface area contributed by atoms with Crippen molar-refractivity contribution in [3.05, 3.63) is 35.4 Å². The quantitative estimate of drug-likeness (QED) is 0.205. The van der Waals surface area contributed by atoms with E-state index in [1.165, 1.54) is 18.9 Å². The molecule has 0 spiro atoms. The molecular weight excluding hydrogens is 484 g/mol. The Bertz CT molecular complexity index is 769. The van der Waals surface area contributed by atoms with Crippen LogP contribution in [0.1, 0.15) is 18.1 Å². The second-order valence-corrected chi connectivity index (χ2v) is 9.90. The summed E-state index contributed by atoms with van der Waals surface area (Å²) >= 11 is 1.34. The minimum atomic E-state index is -1.32. The van der Waals surface area contributed by atoms with Crippen LogP contribution in [0, 0.1) is 0 Å². The molecule has 0 radical (unpaired) electrons. The molecule has 0 amide bonds. The van der Waals surface area contributed by atoms with Gasteiger partial charge in [0.15, 0.2) is 6.29 Å². The van der Waals surface area contributed by atoms with Crippen LogP contribution in [0.2, 0.25) is 0 Å². The fourth-order valence-corrected chi connectivity index (χ4v) is 5.01. The normalized spacial score (nSPS) is 37.9. The summed E-state index contributed by atoms with van der Waals surface area (Å²) in [4.78, 5) is 0. The van der Waals surface area contributed by atoms with Crippen LogP contribution in [0.4, 0.5) is 0 Å². The van der Waals surface area contributed by atoms with Crippen LogP contribution in [0.15, 0.2) is 24.3 Å². The number of aliphatic hydroxyl groups excluding tert-OH is 6. The Balaban J connectivity index is 1.52. The summed E-state index contributed by atoms with van der Waals surface area (Å²) in [6, 6.07) is 7.31. The van der Waals surface area contributed by atoms with Crippen molar-refractivity contribution in [3.8, 4) is 0 Å². The van der Waals surface area contributed by atoms with Gasteiger partial charge in [0.2, 0.25) is 0 Å². The maximum absolute atomic E-state index is 10.4. The number of thioether (sulfide) groups is 1. The fourth-order valence-electron chi connectivity index (χ4n) is 4.10. The van der Waals surface area contributed by atoms with E-state index < -0.39 is 67.2 Å². The maximum atomic E-state index is 10.4. The molecule has 0 saturated carbocycles. The van der Waals surface area contributed by atoms with E-state index in [-0.39, 0.29) is 19.8 Å². The number of hydrogen-bond donors (Lipinski definition) is 6. The molecule has 11 nitrogen and oxygen atoms in total. The lowest BCUT2D eigenvalue weighted by Crippen LogP contribution is -2.59. The van der Waals surface area contributed by atoms with Gasteiger partial charge >= 0.3 is 0 Å². The molecule has 2 aliphatic heterocycles. The van der Waals surface area contributed by atoms with Gasteiger partial charge in [-0.05, 0) is 16.9 Å². The average molecular weight is 521 g/mol. The maximum Gasteiger partial charge on any atom is 0.186 e. The van der Waals surface area contributed by atoms with E-state index in [9.17, 15) is 30.6 Å². The van der Waals surface area contributed by atoms with Crippen LogP contribution in [-0.4, -0.2) is 117 Å². The Kier molecular flexibility index (Phi) is 11.2. The SMILES string of the molecule is CCS[C@@H]1O[C@H](COCc2cccc(CO[C@@H]3[C@H](O)[C@@H](O)[C@@H](OC)O[C@@H]3CO)c2)[C@@H](O)[C@H](O)[C@H]1O. The third-order valence-corrected chi connectivity index (χ3v) is 7.09. The van der Waals surface area contributed by atoms with Gasteiger partial charge in [-0.3, -0.25) is 0 Å². The first-order valence-electron chi connectivity index (χ1n) is 11.5. The van der Waals surface area contributed by atoms with Crippen molar-refractivity contribution in [1.29, 1.82) is 0 Å². The van der Waals surface area contributed by atoms with Crippen LogP contribution in [0.3, 0.4) is 0 Å². The highest BCUT2D eigenvalue weighted by molar-refractivity contribution is 7.99. The summed E-state index contributed by atoms with van der Waals surface area (Å²) in [6.07, 6.45) is -10.1. The fraction of sp³-hybridized carbons (Fsp3) is 0.739. The summed E-state index contributed by atoms with van der Waals surface area (Å²) < 4.78 is 27.6. The molecule has 200 valence electrons. The third kappa shape index (κ3) is 7.12. The first-order valence-corrected chi connectivity index (χ1v) is 12.6. The molecule has 1 aromatic rings. The zero-order valence-corrected chi connectivity index (χ0v) is 20.6. The zero-order chi connectivity index (χ0) is 25.5. The lowest BCUT2D eigenvalue weighted by atomic mass is 9.99. The molecule has 35 heavy (non-hydrogen) atoms. The minimum absolute atomic E-state index is 0.0226. The summed E-state index contributed by atoms with van der Waals surface area (Å²) in [5.74, 6) is 0.683. The largest absolute Gasteiger partial charge is 0.394 e. The molecule has 3 rings (SSSR count). The molecule has 12 heteroatoms. The van der Waals surface area contributed by atoms with Gasteiger partial charge in [-0.2, -0.15) is 0 Å². The van der Waals surface area contributed by atoms with Crippen LogP contribution >= 0.6 is 11.8 Å². The van der Waals surface area contributed by atoms with E-state index in [1.54, 1.807) is 0 Å². The van der Waals surface area contributed by atoms with E-state index in [1.807, 2.05) is 31.2 Å². The van der Waals surface area contributed by atoms with Gasteiger partial charge in [0.05, 0.1) is 26.4 Å². The monoisotopic (exact) mass is 520 g/mol. The lowest BCUT2D eigenvalue weighted by molar-refractivity contribution is -0.302. The Hall–Kier alpha value is -0.870. The number of rotatable bonds is 11. The molecule has 10 atom stereocenters. The molecule has 2 fully saturated rings. The highest BCUT2D eigenvalue weighted by Crippen LogP contribution is 2.29. The van der Waals surface area contributed by atoms with Crippen molar-refractivity contribution in [2.75, 3.05) is 26.1 Å². The van der Waals surface area contributed by atoms with Crippen molar-refractivity contribution < 1.29 is 54.3 Å². The van der Waals surface area contributed by atoms with Crippen LogP contribution in [-0.2, 0) is 36.9 Å². The van der Waals surface area contributed by atoms with Crippen LogP contribution < -0.4 is 0 Å². The molecule has 0 aliphatic carbocycles. The molecule has 1 aromatic carbocycles. The third-order valence-electron chi connectivity index (χ3n) is 6.04. The van der Waals surface area contributed by atoms with Gasteiger partial charge in [0.25, 0.3) is 0 Å². The summed E-state index contributed by atoms with van der Waals surface area (Å²) in [5, 5.41) is 60.5. The second kappa shape index (κ2) is 13.6. The van der Waals surface area contributed by atoms with Crippen molar-refractivity contribution in [2.24, 2.45) is 0 Å². The molecule has 6 N–H and O–H groups in total. The number of benzene rings is 1. The molecule has 2 saturated heterocycles. The smallest absolute Gasteiger partial charge is 0.186 e. The highest BCUT2D eigenvalue weighted by atomic mass is 32.2. The van der Waals surface area contributed by atoms with Gasteiger partial charge in [0, 0.05) is 7.11 Å². The predicted octanol–water partition coefficient (Wildman–Crippen LogP) is -1.27. The van der Waals surface area contributed by atoms with Crippen molar-refractivity contribution in [3.63, 3.8) is 0 Å². The first-order chi connectivity index (χ1) is 16.8. The Morgan fingerprint density at radius 2 is 1.60 bits per heavy atom. The van der Waals surface area contributed by atoms with E-state index >= 15 is 0 Å². The predicted molar refractivity (Wildman–Crippen MR) is 124 cm³/mol. The van der Waals surface area contributed by atoms with Gasteiger partial charge < -0.3 is 54.3 Å². The lowest BCUT2D eigenvalue weighted by Gasteiger charge is -2.41. The van der Waals surface area contributed by atoms with E-state index in [4.69, 9.17) is 23.7 Å². The first kappa shape index (κ1) is 28.7. The Morgan fingerprint density at radius 1 is 0.886 bits per heavy atom. The zero-order valence-electron chi connectivity index (χ0n) is 19.8. The van der Waals surface area contributed by atoms with Gasteiger partial charge in [-0.25, -0.2) is 0 Å². The molecule has 0 unspecified atom stereocenters. The number of ether oxygens (including phenoxy) is 5. The molecule has 2 heterocycles. The van der Waals surface area contributed by atoms with Crippen LogP contribution in [0.5, 0.6) is 0 Å². The second-order valence-electron chi connectivity index (χ2n) is 8.52. The molecule has 0 aromatic heterocycles. The topological polar surface area (TPSA) is 168 Å². The van der Waals surface area contributed by atoms with Crippen molar-refractivity contribution in [1.82, 2.24) is 0 Å².